The standard InChI is InChI=1S/C24H18F4N2O2/c25-17-5-3-4-15(10-17)23-12-19(32-29-23)14-30(13-16-8-9-18(26)11-22(16)28)24(31)20-6-1-2-7-21(20)27/h1-11,19H,12-14H2/t19-/m0/s1. The van der Waals surface area contributed by atoms with Crippen LogP contribution in [0.1, 0.15) is 27.9 Å². The molecule has 4 rings (SSSR count). The first-order valence-corrected chi connectivity index (χ1v) is 9.87. The van der Waals surface area contributed by atoms with E-state index in [0.717, 1.165) is 18.2 Å². The highest BCUT2D eigenvalue weighted by molar-refractivity contribution is 6.01. The minimum atomic E-state index is -0.819. The van der Waals surface area contributed by atoms with E-state index in [0.29, 0.717) is 11.3 Å². The number of hydrogen-bond acceptors (Lipinski definition) is 3. The van der Waals surface area contributed by atoms with E-state index in [4.69, 9.17) is 4.84 Å². The zero-order valence-corrected chi connectivity index (χ0v) is 16.8. The highest BCUT2D eigenvalue weighted by Gasteiger charge is 2.29. The van der Waals surface area contributed by atoms with Gasteiger partial charge < -0.3 is 9.74 Å². The molecule has 0 radical (unpaired) electrons. The maximum absolute atomic E-state index is 14.2. The molecule has 3 aromatic carbocycles. The van der Waals surface area contributed by atoms with Gasteiger partial charge in [0, 0.05) is 30.2 Å². The van der Waals surface area contributed by atoms with Crippen molar-refractivity contribution < 1.29 is 27.2 Å². The van der Waals surface area contributed by atoms with E-state index in [9.17, 15) is 22.4 Å². The van der Waals surface area contributed by atoms with Crippen LogP contribution in [-0.2, 0) is 11.4 Å². The molecule has 0 spiro atoms. The summed E-state index contributed by atoms with van der Waals surface area (Å²) >= 11 is 0. The molecule has 0 aromatic heterocycles. The predicted molar refractivity (Wildman–Crippen MR) is 110 cm³/mol. The number of rotatable bonds is 6. The summed E-state index contributed by atoms with van der Waals surface area (Å²) in [5.74, 6) is -3.37. The van der Waals surface area contributed by atoms with E-state index < -0.39 is 35.3 Å². The van der Waals surface area contributed by atoms with Crippen molar-refractivity contribution in [1.29, 1.82) is 0 Å². The quantitative estimate of drug-likeness (QED) is 0.500. The van der Waals surface area contributed by atoms with Crippen molar-refractivity contribution in [1.82, 2.24) is 4.90 Å². The van der Waals surface area contributed by atoms with E-state index >= 15 is 0 Å². The van der Waals surface area contributed by atoms with E-state index in [1.807, 2.05) is 0 Å². The van der Waals surface area contributed by atoms with Crippen molar-refractivity contribution in [2.45, 2.75) is 19.1 Å². The van der Waals surface area contributed by atoms with Gasteiger partial charge in [0.2, 0.25) is 0 Å². The predicted octanol–water partition coefficient (Wildman–Crippen LogP) is 5.08. The second kappa shape index (κ2) is 9.21. The third kappa shape index (κ3) is 4.80. The molecule has 0 aliphatic carbocycles. The summed E-state index contributed by atoms with van der Waals surface area (Å²) < 4.78 is 55.3. The summed E-state index contributed by atoms with van der Waals surface area (Å²) in [5.41, 5.74) is 0.935. The van der Waals surface area contributed by atoms with Crippen LogP contribution in [0.25, 0.3) is 0 Å². The summed E-state index contributed by atoms with van der Waals surface area (Å²) in [6, 6.07) is 14.4. The molecule has 0 saturated heterocycles. The summed E-state index contributed by atoms with van der Waals surface area (Å²) in [7, 11) is 0. The summed E-state index contributed by atoms with van der Waals surface area (Å²) in [5, 5.41) is 3.98. The van der Waals surface area contributed by atoms with E-state index in [1.165, 1.54) is 41.3 Å². The van der Waals surface area contributed by atoms with Gasteiger partial charge in [-0.2, -0.15) is 0 Å². The maximum Gasteiger partial charge on any atom is 0.257 e. The first-order chi connectivity index (χ1) is 15.4. The van der Waals surface area contributed by atoms with Gasteiger partial charge in [-0.05, 0) is 30.3 Å². The molecule has 3 aromatic rings. The fourth-order valence-corrected chi connectivity index (χ4v) is 3.49. The molecule has 164 valence electrons. The minimum absolute atomic E-state index is 0.0354. The smallest absolute Gasteiger partial charge is 0.257 e. The molecule has 1 atom stereocenters. The van der Waals surface area contributed by atoms with Crippen molar-refractivity contribution in [2.75, 3.05) is 6.54 Å². The van der Waals surface area contributed by atoms with Gasteiger partial charge in [-0.1, -0.05) is 35.5 Å². The van der Waals surface area contributed by atoms with Gasteiger partial charge in [0.25, 0.3) is 5.91 Å². The molecule has 0 unspecified atom stereocenters. The summed E-state index contributed by atoms with van der Waals surface area (Å²) in [6.07, 6.45) is -0.330. The van der Waals surface area contributed by atoms with Crippen LogP contribution in [0, 0.1) is 23.3 Å². The third-order valence-corrected chi connectivity index (χ3v) is 5.08. The van der Waals surface area contributed by atoms with Crippen LogP contribution in [0.5, 0.6) is 0 Å². The Morgan fingerprint density at radius 1 is 0.938 bits per heavy atom. The van der Waals surface area contributed by atoms with Gasteiger partial charge in [-0.25, -0.2) is 17.6 Å². The number of benzene rings is 3. The monoisotopic (exact) mass is 442 g/mol. The van der Waals surface area contributed by atoms with Crippen LogP contribution in [0.4, 0.5) is 17.6 Å². The van der Waals surface area contributed by atoms with Crippen LogP contribution in [0.2, 0.25) is 0 Å². The first-order valence-electron chi connectivity index (χ1n) is 9.87. The van der Waals surface area contributed by atoms with Crippen LogP contribution in [-0.4, -0.2) is 29.2 Å². The molecule has 1 aliphatic rings. The molecular weight excluding hydrogens is 424 g/mol. The molecule has 32 heavy (non-hydrogen) atoms. The van der Waals surface area contributed by atoms with Gasteiger partial charge in [0.05, 0.1) is 17.8 Å². The average molecular weight is 442 g/mol. The molecule has 1 heterocycles. The molecule has 0 fully saturated rings. The van der Waals surface area contributed by atoms with Crippen molar-refractivity contribution in [3.63, 3.8) is 0 Å². The molecular formula is C24H18F4N2O2. The van der Waals surface area contributed by atoms with Gasteiger partial charge in [-0.3, -0.25) is 4.79 Å². The Kier molecular flexibility index (Phi) is 6.20. The van der Waals surface area contributed by atoms with Gasteiger partial charge in [0.15, 0.2) is 6.10 Å². The van der Waals surface area contributed by atoms with E-state index in [2.05, 4.69) is 5.16 Å². The Balaban J connectivity index is 1.55. The molecule has 0 saturated carbocycles. The number of halogens is 4. The number of amides is 1. The lowest BCUT2D eigenvalue weighted by Crippen LogP contribution is -2.38. The van der Waals surface area contributed by atoms with Crippen molar-refractivity contribution in [3.05, 3.63) is 107 Å². The number of hydrogen-bond donors (Lipinski definition) is 0. The lowest BCUT2D eigenvalue weighted by atomic mass is 10.0. The Morgan fingerprint density at radius 2 is 1.72 bits per heavy atom. The third-order valence-electron chi connectivity index (χ3n) is 5.08. The van der Waals surface area contributed by atoms with Crippen LogP contribution in [0.15, 0.2) is 71.9 Å². The van der Waals surface area contributed by atoms with E-state index in [-0.39, 0.29) is 30.6 Å². The number of carbonyl (C=O) groups excluding carboxylic acids is 1. The van der Waals surface area contributed by atoms with Crippen molar-refractivity contribution in [2.24, 2.45) is 5.16 Å². The molecule has 8 heteroatoms. The first kappa shape index (κ1) is 21.5. The number of oxime groups is 1. The molecule has 4 nitrogen and oxygen atoms in total. The SMILES string of the molecule is O=C(c1ccccc1F)N(Cc1ccc(F)cc1F)C[C@@H]1CC(c2cccc(F)c2)=NO1. The average Bonchev–Trinajstić information content (AvgIpc) is 3.23. The topological polar surface area (TPSA) is 41.9 Å². The highest BCUT2D eigenvalue weighted by atomic mass is 19.1. The fraction of sp³-hybridized carbons (Fsp3) is 0.167. The zero-order valence-electron chi connectivity index (χ0n) is 16.8. The van der Waals surface area contributed by atoms with Crippen LogP contribution >= 0.6 is 0 Å². The second-order valence-corrected chi connectivity index (χ2v) is 7.38. The fourth-order valence-electron chi connectivity index (χ4n) is 3.49. The Hall–Kier alpha value is -3.68. The van der Waals surface area contributed by atoms with Gasteiger partial charge >= 0.3 is 0 Å². The van der Waals surface area contributed by atoms with Crippen molar-refractivity contribution in [3.8, 4) is 0 Å². The van der Waals surface area contributed by atoms with Crippen LogP contribution < -0.4 is 0 Å². The van der Waals surface area contributed by atoms with Gasteiger partial charge in [-0.15, -0.1) is 0 Å². The molecule has 0 N–H and O–H groups in total. The lowest BCUT2D eigenvalue weighted by Gasteiger charge is -2.25. The Labute approximate surface area is 181 Å². The number of carbonyl (C=O) groups is 1. The van der Waals surface area contributed by atoms with Crippen molar-refractivity contribution >= 4 is 11.6 Å². The lowest BCUT2D eigenvalue weighted by molar-refractivity contribution is 0.0400. The zero-order chi connectivity index (χ0) is 22.7. The molecule has 0 bridgehead atoms. The Morgan fingerprint density at radius 3 is 2.47 bits per heavy atom. The highest BCUT2D eigenvalue weighted by Crippen LogP contribution is 2.22. The minimum Gasteiger partial charge on any atom is -0.390 e. The van der Waals surface area contributed by atoms with E-state index in [1.54, 1.807) is 12.1 Å². The summed E-state index contributed by atoms with van der Waals surface area (Å²) in [4.78, 5) is 19.7. The molecule has 1 aliphatic heterocycles. The van der Waals surface area contributed by atoms with Gasteiger partial charge in [0.1, 0.15) is 23.3 Å². The van der Waals surface area contributed by atoms with Crippen LogP contribution in [0.3, 0.4) is 0 Å². The second-order valence-electron chi connectivity index (χ2n) is 7.38. The summed E-state index contributed by atoms with van der Waals surface area (Å²) in [6.45, 7) is -0.263. The largest absolute Gasteiger partial charge is 0.390 e. The molecule has 1 amide bonds. The number of nitrogens with zero attached hydrogens (tertiary/aromatic N) is 2. The Bertz CT molecular complexity index is 1180. The maximum atomic E-state index is 14.2. The normalized spacial score (nSPS) is 15.2.